The van der Waals surface area contributed by atoms with Gasteiger partial charge in [-0.1, -0.05) is 24.3 Å². The maximum absolute atomic E-state index is 5.93. The molecule has 0 saturated heterocycles. The van der Waals surface area contributed by atoms with Crippen molar-refractivity contribution in [3.63, 3.8) is 0 Å². The summed E-state index contributed by atoms with van der Waals surface area (Å²) in [5, 5.41) is 0. The van der Waals surface area contributed by atoms with Gasteiger partial charge < -0.3 is 5.73 Å². The number of hydrogen-bond donors (Lipinski definition) is 3. The fourth-order valence-electron chi connectivity index (χ4n) is 1.81. The van der Waals surface area contributed by atoms with Gasteiger partial charge >= 0.3 is 0 Å². The molecule has 0 aliphatic carbocycles. The molecule has 1 aromatic carbocycles. The van der Waals surface area contributed by atoms with Crippen molar-refractivity contribution in [2.75, 3.05) is 5.73 Å². The van der Waals surface area contributed by atoms with E-state index in [0.717, 1.165) is 16.9 Å². The Kier molecular flexibility index (Phi) is 3.69. The molecule has 0 fully saturated rings. The average Bonchev–Trinajstić information content (AvgIpc) is 2.38. The molecule has 1 unspecified atom stereocenters. The molecule has 2 aromatic rings. The summed E-state index contributed by atoms with van der Waals surface area (Å²) in [6.07, 6.45) is 2.49. The molecule has 4 heteroatoms. The normalized spacial score (nSPS) is 12.3. The minimum Gasteiger partial charge on any atom is -0.398 e. The second-order valence-corrected chi connectivity index (χ2v) is 3.87. The van der Waals surface area contributed by atoms with Gasteiger partial charge in [0.05, 0.1) is 6.04 Å². The van der Waals surface area contributed by atoms with Crippen LogP contribution in [-0.4, -0.2) is 4.98 Å². The molecule has 0 aliphatic rings. The highest BCUT2D eigenvalue weighted by Gasteiger charge is 2.13. The van der Waals surface area contributed by atoms with Crippen molar-refractivity contribution >= 4 is 5.69 Å². The first-order chi connectivity index (χ1) is 8.31. The molecule has 0 spiro atoms. The number of para-hydroxylation sites is 1. The molecule has 4 nitrogen and oxygen atoms in total. The lowest BCUT2D eigenvalue weighted by atomic mass is 10.0. The lowest BCUT2D eigenvalue weighted by Gasteiger charge is -2.17. The number of rotatable bonds is 4. The minimum atomic E-state index is -0.0221. The van der Waals surface area contributed by atoms with Gasteiger partial charge in [0.1, 0.15) is 0 Å². The van der Waals surface area contributed by atoms with E-state index in [2.05, 4.69) is 10.4 Å². The number of nitrogens with zero attached hydrogens (tertiary/aromatic N) is 1. The highest BCUT2D eigenvalue weighted by molar-refractivity contribution is 5.48. The molecule has 0 aliphatic heterocycles. The van der Waals surface area contributed by atoms with Crippen molar-refractivity contribution in [3.8, 4) is 0 Å². The third kappa shape index (κ3) is 2.81. The van der Waals surface area contributed by atoms with Gasteiger partial charge in [-0.3, -0.25) is 16.3 Å². The second-order valence-electron chi connectivity index (χ2n) is 3.87. The van der Waals surface area contributed by atoms with E-state index in [9.17, 15) is 0 Å². The smallest absolute Gasteiger partial charge is 0.0535 e. The van der Waals surface area contributed by atoms with E-state index >= 15 is 0 Å². The first-order valence-electron chi connectivity index (χ1n) is 5.51. The Hall–Kier alpha value is -1.91. The Morgan fingerprint density at radius 3 is 2.53 bits per heavy atom. The van der Waals surface area contributed by atoms with E-state index in [0.29, 0.717) is 6.42 Å². The van der Waals surface area contributed by atoms with Crippen LogP contribution in [0, 0.1) is 0 Å². The van der Waals surface area contributed by atoms with Crippen LogP contribution < -0.4 is 17.0 Å². The highest BCUT2D eigenvalue weighted by atomic mass is 15.2. The monoisotopic (exact) mass is 228 g/mol. The van der Waals surface area contributed by atoms with Crippen molar-refractivity contribution in [1.29, 1.82) is 0 Å². The lowest BCUT2D eigenvalue weighted by molar-refractivity contribution is 0.547. The molecule has 0 bridgehead atoms. The maximum Gasteiger partial charge on any atom is 0.0535 e. The Balaban J connectivity index is 2.21. The van der Waals surface area contributed by atoms with Crippen molar-refractivity contribution in [2.45, 2.75) is 12.5 Å². The zero-order chi connectivity index (χ0) is 12.1. The Morgan fingerprint density at radius 2 is 1.88 bits per heavy atom. The number of nitrogens with two attached hydrogens (primary N) is 2. The number of aromatic nitrogens is 1. The molecule has 88 valence electrons. The summed E-state index contributed by atoms with van der Waals surface area (Å²) in [7, 11) is 0. The number of benzene rings is 1. The Bertz CT molecular complexity index is 470. The lowest BCUT2D eigenvalue weighted by Crippen LogP contribution is -2.30. The summed E-state index contributed by atoms with van der Waals surface area (Å²) >= 11 is 0. The molecule has 0 radical (unpaired) electrons. The van der Waals surface area contributed by atoms with Crippen molar-refractivity contribution in [1.82, 2.24) is 10.4 Å². The first-order valence-corrected chi connectivity index (χ1v) is 5.51. The van der Waals surface area contributed by atoms with Gasteiger partial charge in [-0.25, -0.2) is 0 Å². The summed E-state index contributed by atoms with van der Waals surface area (Å²) in [5.74, 6) is 5.59. The number of anilines is 1. The van der Waals surface area contributed by atoms with Gasteiger partial charge in [0.2, 0.25) is 0 Å². The first kappa shape index (κ1) is 11.6. The summed E-state index contributed by atoms with van der Waals surface area (Å²) in [5.41, 5.74) is 11.4. The van der Waals surface area contributed by atoms with E-state index in [1.165, 1.54) is 0 Å². The van der Waals surface area contributed by atoms with E-state index < -0.39 is 0 Å². The molecule has 0 saturated carbocycles. The number of hydrogen-bond acceptors (Lipinski definition) is 4. The molecule has 5 N–H and O–H groups in total. The Morgan fingerprint density at radius 1 is 1.12 bits per heavy atom. The standard InChI is InChI=1S/C13H16N4/c14-12-7-2-1-6-11(12)13(17-15)9-10-5-3-4-8-16-10/h1-8,13,17H,9,14-15H2. The number of nitrogen functional groups attached to an aromatic ring is 1. The van der Waals surface area contributed by atoms with Crippen LogP contribution in [-0.2, 0) is 6.42 Å². The van der Waals surface area contributed by atoms with Crippen molar-refractivity contribution in [2.24, 2.45) is 5.84 Å². The van der Waals surface area contributed by atoms with Crippen molar-refractivity contribution in [3.05, 3.63) is 59.9 Å². The maximum atomic E-state index is 5.93. The molecule has 0 amide bonds. The third-order valence-electron chi connectivity index (χ3n) is 2.71. The van der Waals surface area contributed by atoms with Gasteiger partial charge in [-0.2, -0.15) is 0 Å². The molecule has 2 rings (SSSR count). The van der Waals surface area contributed by atoms with Crippen LogP contribution >= 0.6 is 0 Å². The number of pyridine rings is 1. The molecular weight excluding hydrogens is 212 g/mol. The Labute approximate surface area is 101 Å². The zero-order valence-electron chi connectivity index (χ0n) is 9.51. The van der Waals surface area contributed by atoms with Gasteiger partial charge in [0.25, 0.3) is 0 Å². The summed E-state index contributed by atoms with van der Waals surface area (Å²) < 4.78 is 0. The fraction of sp³-hybridized carbons (Fsp3) is 0.154. The molecule has 1 heterocycles. The topological polar surface area (TPSA) is 77.0 Å². The van der Waals surface area contributed by atoms with Crippen LogP contribution in [0.5, 0.6) is 0 Å². The highest BCUT2D eigenvalue weighted by Crippen LogP contribution is 2.22. The fourth-order valence-corrected chi connectivity index (χ4v) is 1.81. The predicted molar refractivity (Wildman–Crippen MR) is 68.9 cm³/mol. The molecule has 1 atom stereocenters. The van der Waals surface area contributed by atoms with Gasteiger partial charge in [0, 0.05) is 24.0 Å². The van der Waals surface area contributed by atoms with Gasteiger partial charge in [0.15, 0.2) is 0 Å². The number of nitrogens with one attached hydrogen (secondary N) is 1. The average molecular weight is 228 g/mol. The molecule has 17 heavy (non-hydrogen) atoms. The van der Waals surface area contributed by atoms with E-state index in [-0.39, 0.29) is 6.04 Å². The van der Waals surface area contributed by atoms with Crippen LogP contribution in [0.3, 0.4) is 0 Å². The van der Waals surface area contributed by atoms with E-state index in [1.54, 1.807) is 6.20 Å². The zero-order valence-corrected chi connectivity index (χ0v) is 9.51. The summed E-state index contributed by atoms with van der Waals surface area (Å²) in [4.78, 5) is 4.29. The minimum absolute atomic E-state index is 0.0221. The number of hydrazine groups is 1. The summed E-state index contributed by atoms with van der Waals surface area (Å²) in [6.45, 7) is 0. The summed E-state index contributed by atoms with van der Waals surface area (Å²) in [6, 6.07) is 13.5. The van der Waals surface area contributed by atoms with Crippen LogP contribution in [0.4, 0.5) is 5.69 Å². The van der Waals surface area contributed by atoms with Gasteiger partial charge in [-0.05, 0) is 23.8 Å². The van der Waals surface area contributed by atoms with E-state index in [1.807, 2.05) is 42.5 Å². The quantitative estimate of drug-likeness (QED) is 0.420. The van der Waals surface area contributed by atoms with Crippen LogP contribution in [0.25, 0.3) is 0 Å². The van der Waals surface area contributed by atoms with Gasteiger partial charge in [-0.15, -0.1) is 0 Å². The van der Waals surface area contributed by atoms with Crippen LogP contribution in [0.15, 0.2) is 48.7 Å². The van der Waals surface area contributed by atoms with E-state index in [4.69, 9.17) is 11.6 Å². The molecular formula is C13H16N4. The van der Waals surface area contributed by atoms with Crippen LogP contribution in [0.1, 0.15) is 17.3 Å². The largest absolute Gasteiger partial charge is 0.398 e. The predicted octanol–water partition coefficient (Wildman–Crippen LogP) is 1.41. The second kappa shape index (κ2) is 5.43. The third-order valence-corrected chi connectivity index (χ3v) is 2.71. The SMILES string of the molecule is NNC(Cc1ccccn1)c1ccccc1N. The van der Waals surface area contributed by atoms with Crippen molar-refractivity contribution < 1.29 is 0 Å². The van der Waals surface area contributed by atoms with Crippen LogP contribution in [0.2, 0.25) is 0 Å². The molecule has 1 aromatic heterocycles.